The largest absolute Gasteiger partial charge is 0.466 e. The number of hydrogen-bond donors (Lipinski definition) is 0. The number of carbonyl (C=O) groups is 2. The highest BCUT2D eigenvalue weighted by Gasteiger charge is 2.47. The summed E-state index contributed by atoms with van der Waals surface area (Å²) in [6.07, 6.45) is 1.17. The molecule has 4 rings (SSSR count). The molecular weight excluding hydrogens is 398 g/mol. The number of aliphatic imine (C=N–C) groups is 1. The summed E-state index contributed by atoms with van der Waals surface area (Å²) in [4.78, 5) is 32.4. The SMILES string of the molecule is CC1=C(C(=O)OCC(C)C)[C@H](c2ccc(C)o2)C2C(=O)C[C@H](c3cccs3)CC2=N1. The van der Waals surface area contributed by atoms with Crippen LogP contribution < -0.4 is 0 Å². The van der Waals surface area contributed by atoms with Crippen molar-refractivity contribution in [2.45, 2.75) is 52.4 Å². The molecule has 3 atom stereocenters. The minimum Gasteiger partial charge on any atom is -0.466 e. The second kappa shape index (κ2) is 8.34. The lowest BCUT2D eigenvalue weighted by Gasteiger charge is -2.36. The zero-order valence-corrected chi connectivity index (χ0v) is 18.6. The van der Waals surface area contributed by atoms with E-state index in [0.717, 1.165) is 17.9 Å². The summed E-state index contributed by atoms with van der Waals surface area (Å²) in [5.74, 6) is 0.499. The molecule has 2 aromatic rings. The van der Waals surface area contributed by atoms with Crippen molar-refractivity contribution < 1.29 is 18.7 Å². The normalized spacial score (nSPS) is 24.1. The van der Waals surface area contributed by atoms with Gasteiger partial charge in [-0.05, 0) is 49.8 Å². The summed E-state index contributed by atoms with van der Waals surface area (Å²) in [5, 5.41) is 2.04. The summed E-state index contributed by atoms with van der Waals surface area (Å²) in [6, 6.07) is 7.83. The van der Waals surface area contributed by atoms with Crippen molar-refractivity contribution in [1.29, 1.82) is 0 Å². The van der Waals surface area contributed by atoms with E-state index in [9.17, 15) is 9.59 Å². The van der Waals surface area contributed by atoms with Crippen molar-refractivity contribution in [3.63, 3.8) is 0 Å². The number of ketones is 1. The molecule has 2 aliphatic rings. The first kappa shape index (κ1) is 20.8. The van der Waals surface area contributed by atoms with Gasteiger partial charge in [-0.25, -0.2) is 4.79 Å². The van der Waals surface area contributed by atoms with Gasteiger partial charge in [0.05, 0.1) is 24.0 Å². The quantitative estimate of drug-likeness (QED) is 0.600. The molecule has 0 radical (unpaired) electrons. The fourth-order valence-corrected chi connectivity index (χ4v) is 5.25. The van der Waals surface area contributed by atoms with Crippen LogP contribution in [0, 0.1) is 18.8 Å². The molecule has 5 nitrogen and oxygen atoms in total. The first-order valence-corrected chi connectivity index (χ1v) is 11.3. The Kier molecular flexibility index (Phi) is 5.78. The number of thiophene rings is 1. The highest BCUT2D eigenvalue weighted by Crippen LogP contribution is 2.46. The van der Waals surface area contributed by atoms with E-state index >= 15 is 0 Å². The summed E-state index contributed by atoms with van der Waals surface area (Å²) < 4.78 is 11.5. The second-order valence-corrected chi connectivity index (χ2v) is 9.56. The Balaban J connectivity index is 1.75. The number of carbonyl (C=O) groups excluding carboxylic acids is 2. The van der Waals surface area contributed by atoms with Crippen LogP contribution in [0.25, 0.3) is 0 Å². The molecule has 1 unspecified atom stereocenters. The second-order valence-electron chi connectivity index (χ2n) is 8.59. The minimum absolute atomic E-state index is 0.110. The van der Waals surface area contributed by atoms with Crippen LogP contribution in [0.1, 0.15) is 61.8 Å². The maximum Gasteiger partial charge on any atom is 0.336 e. The van der Waals surface area contributed by atoms with Gasteiger partial charge < -0.3 is 9.15 Å². The van der Waals surface area contributed by atoms with E-state index in [2.05, 4.69) is 6.07 Å². The van der Waals surface area contributed by atoms with Crippen molar-refractivity contribution in [1.82, 2.24) is 0 Å². The van der Waals surface area contributed by atoms with E-state index in [1.165, 1.54) is 4.88 Å². The third-order valence-corrected chi connectivity index (χ3v) is 6.77. The van der Waals surface area contributed by atoms with Crippen LogP contribution in [-0.4, -0.2) is 24.1 Å². The predicted molar refractivity (Wildman–Crippen MR) is 117 cm³/mol. The van der Waals surface area contributed by atoms with E-state index in [-0.39, 0.29) is 17.6 Å². The average molecular weight is 426 g/mol. The van der Waals surface area contributed by atoms with Crippen molar-refractivity contribution in [2.75, 3.05) is 6.61 Å². The number of fused-ring (bicyclic) bond motifs is 1. The highest BCUT2D eigenvalue weighted by molar-refractivity contribution is 7.10. The van der Waals surface area contributed by atoms with Gasteiger partial charge in [-0.15, -0.1) is 11.3 Å². The van der Waals surface area contributed by atoms with Gasteiger partial charge in [0.25, 0.3) is 0 Å². The molecule has 0 aromatic carbocycles. The molecule has 1 aliphatic carbocycles. The maximum absolute atomic E-state index is 13.4. The van der Waals surface area contributed by atoms with Gasteiger partial charge in [0, 0.05) is 28.6 Å². The zero-order valence-electron chi connectivity index (χ0n) is 17.8. The number of rotatable bonds is 5. The molecule has 30 heavy (non-hydrogen) atoms. The number of Topliss-reactive ketones (excluding diaryl/α,β-unsaturated/α-hetero) is 1. The number of nitrogens with zero attached hydrogens (tertiary/aromatic N) is 1. The lowest BCUT2D eigenvalue weighted by molar-refractivity contribution is -0.140. The molecule has 6 heteroatoms. The Morgan fingerprint density at radius 2 is 2.03 bits per heavy atom. The fraction of sp³-hybridized carbons (Fsp3) is 0.458. The monoisotopic (exact) mass is 425 g/mol. The van der Waals surface area contributed by atoms with Gasteiger partial charge in [0.2, 0.25) is 0 Å². The number of furan rings is 1. The molecule has 1 aliphatic heterocycles. The molecule has 0 N–H and O–H groups in total. The standard InChI is InChI=1S/C24H27NO4S/c1-13(2)12-28-24(27)21-15(4)25-17-10-16(20-6-5-9-30-20)11-18(26)22(17)23(21)19-8-7-14(3)29-19/h5-9,13,16,22-23H,10-12H2,1-4H3/t16-,22?,23+/m1/s1. The smallest absolute Gasteiger partial charge is 0.336 e. The van der Waals surface area contributed by atoms with Crippen LogP contribution in [0.5, 0.6) is 0 Å². The number of allylic oxidation sites excluding steroid dienone is 1. The fourth-order valence-electron chi connectivity index (χ4n) is 4.41. The molecule has 1 saturated carbocycles. The molecule has 1 fully saturated rings. The molecule has 158 valence electrons. The molecular formula is C24H27NO4S. The summed E-state index contributed by atoms with van der Waals surface area (Å²) in [5.41, 5.74) is 1.91. The van der Waals surface area contributed by atoms with E-state index in [4.69, 9.17) is 14.1 Å². The van der Waals surface area contributed by atoms with Gasteiger partial charge in [0.15, 0.2) is 0 Å². The Hall–Kier alpha value is -2.47. The van der Waals surface area contributed by atoms with Crippen LogP contribution in [0.4, 0.5) is 0 Å². The molecule has 3 heterocycles. The predicted octanol–water partition coefficient (Wildman–Crippen LogP) is 5.42. The molecule has 0 spiro atoms. The third kappa shape index (κ3) is 3.93. The van der Waals surface area contributed by atoms with Gasteiger partial charge in [-0.3, -0.25) is 9.79 Å². The Morgan fingerprint density at radius 1 is 1.23 bits per heavy atom. The number of aryl methyl sites for hydroxylation is 1. The van der Waals surface area contributed by atoms with Crippen LogP contribution >= 0.6 is 11.3 Å². The molecule has 0 saturated heterocycles. The van der Waals surface area contributed by atoms with Gasteiger partial charge in [0.1, 0.15) is 17.3 Å². The molecule has 0 amide bonds. The zero-order chi connectivity index (χ0) is 21.4. The maximum atomic E-state index is 13.4. The Morgan fingerprint density at radius 3 is 2.67 bits per heavy atom. The number of esters is 1. The number of hydrogen-bond acceptors (Lipinski definition) is 6. The molecule has 2 aromatic heterocycles. The summed E-state index contributed by atoms with van der Waals surface area (Å²) >= 11 is 1.67. The lowest BCUT2D eigenvalue weighted by Crippen LogP contribution is -2.41. The van der Waals surface area contributed by atoms with Crippen molar-refractivity contribution >= 4 is 28.8 Å². The van der Waals surface area contributed by atoms with E-state index in [1.807, 2.05) is 51.3 Å². The van der Waals surface area contributed by atoms with Crippen molar-refractivity contribution in [3.8, 4) is 0 Å². The highest BCUT2D eigenvalue weighted by atomic mass is 32.1. The summed E-state index contributed by atoms with van der Waals surface area (Å²) in [7, 11) is 0. The van der Waals surface area contributed by atoms with Gasteiger partial charge in [-0.2, -0.15) is 0 Å². The van der Waals surface area contributed by atoms with Crippen LogP contribution in [0.2, 0.25) is 0 Å². The Bertz CT molecular complexity index is 1010. The first-order chi connectivity index (χ1) is 14.3. The average Bonchev–Trinajstić information content (AvgIpc) is 3.36. The van der Waals surface area contributed by atoms with Crippen LogP contribution in [-0.2, 0) is 14.3 Å². The first-order valence-electron chi connectivity index (χ1n) is 10.4. The molecule has 0 bridgehead atoms. The van der Waals surface area contributed by atoms with Crippen LogP contribution in [0.15, 0.2) is 50.3 Å². The van der Waals surface area contributed by atoms with E-state index < -0.39 is 17.8 Å². The van der Waals surface area contributed by atoms with Crippen molar-refractivity contribution in [3.05, 3.63) is 57.3 Å². The van der Waals surface area contributed by atoms with Crippen LogP contribution in [0.3, 0.4) is 0 Å². The van der Waals surface area contributed by atoms with Gasteiger partial charge >= 0.3 is 5.97 Å². The summed E-state index contributed by atoms with van der Waals surface area (Å²) in [6.45, 7) is 8.01. The topological polar surface area (TPSA) is 68.9 Å². The van der Waals surface area contributed by atoms with E-state index in [1.54, 1.807) is 11.3 Å². The van der Waals surface area contributed by atoms with E-state index in [0.29, 0.717) is 30.1 Å². The third-order valence-electron chi connectivity index (χ3n) is 5.74. The van der Waals surface area contributed by atoms with Gasteiger partial charge in [-0.1, -0.05) is 19.9 Å². The number of ether oxygens (including phenoxy) is 1. The van der Waals surface area contributed by atoms with Crippen molar-refractivity contribution in [2.24, 2.45) is 16.8 Å². The Labute approximate surface area is 180 Å². The lowest BCUT2D eigenvalue weighted by atomic mass is 9.68. The minimum atomic E-state index is -0.484.